The van der Waals surface area contributed by atoms with Gasteiger partial charge in [-0.3, -0.25) is 0 Å². The molecule has 1 aromatic heterocycles. The summed E-state index contributed by atoms with van der Waals surface area (Å²) in [6.45, 7) is 3.95. The van der Waals surface area contributed by atoms with E-state index < -0.39 is 5.82 Å². The van der Waals surface area contributed by atoms with Gasteiger partial charge in [-0.15, -0.1) is 0 Å². The summed E-state index contributed by atoms with van der Waals surface area (Å²) in [7, 11) is 0. The summed E-state index contributed by atoms with van der Waals surface area (Å²) in [5.41, 5.74) is 0.971. The van der Waals surface area contributed by atoms with Gasteiger partial charge in [0, 0.05) is 0 Å². The Morgan fingerprint density at radius 2 is 1.89 bits per heavy atom. The molecule has 0 amide bonds. The van der Waals surface area contributed by atoms with Gasteiger partial charge in [-0.25, -0.2) is 14.4 Å². The molecule has 0 aliphatic heterocycles. The second-order valence-electron chi connectivity index (χ2n) is 4.29. The Hall–Kier alpha value is -0.710. The van der Waals surface area contributed by atoms with Gasteiger partial charge < -0.3 is 0 Å². The topological polar surface area (TPSA) is 25.8 Å². The Kier molecular flexibility index (Phi) is 4.43. The van der Waals surface area contributed by atoms with E-state index in [4.69, 9.17) is 23.2 Å². The van der Waals surface area contributed by atoms with E-state index in [1.54, 1.807) is 12.1 Å². The molecule has 0 aliphatic rings. The molecule has 2 rings (SSSR count). The van der Waals surface area contributed by atoms with E-state index in [2.05, 4.69) is 25.9 Å². The zero-order chi connectivity index (χ0) is 14.2. The molecule has 0 atom stereocenters. The van der Waals surface area contributed by atoms with E-state index in [-0.39, 0.29) is 27.5 Å². The summed E-state index contributed by atoms with van der Waals surface area (Å²) in [4.78, 5) is 8.46. The number of benzene rings is 1. The van der Waals surface area contributed by atoms with Crippen molar-refractivity contribution in [3.8, 4) is 11.4 Å². The zero-order valence-corrected chi connectivity index (χ0v) is 13.3. The van der Waals surface area contributed by atoms with Crippen molar-refractivity contribution >= 4 is 39.1 Å². The lowest BCUT2D eigenvalue weighted by Crippen LogP contribution is -2.01. The molecule has 0 N–H and O–H groups in total. The van der Waals surface area contributed by atoms with Crippen molar-refractivity contribution in [3.05, 3.63) is 44.4 Å². The van der Waals surface area contributed by atoms with Crippen LogP contribution in [0.5, 0.6) is 0 Å². The van der Waals surface area contributed by atoms with Crippen molar-refractivity contribution in [3.63, 3.8) is 0 Å². The van der Waals surface area contributed by atoms with Gasteiger partial charge in [0.25, 0.3) is 0 Å². The van der Waals surface area contributed by atoms with Gasteiger partial charge in [0.2, 0.25) is 0 Å². The number of hydrogen-bond acceptors (Lipinski definition) is 2. The van der Waals surface area contributed by atoms with Crippen molar-refractivity contribution in [2.75, 3.05) is 0 Å². The maximum Gasteiger partial charge on any atom is 0.164 e. The highest BCUT2D eigenvalue weighted by molar-refractivity contribution is 9.10. The Bertz CT molecular complexity index is 632. The summed E-state index contributed by atoms with van der Waals surface area (Å²) >= 11 is 15.2. The van der Waals surface area contributed by atoms with Crippen molar-refractivity contribution in [1.29, 1.82) is 0 Å². The summed E-state index contributed by atoms with van der Waals surface area (Å²) < 4.78 is 14.6. The van der Waals surface area contributed by atoms with Gasteiger partial charge in [0.05, 0.1) is 20.8 Å². The highest BCUT2D eigenvalue weighted by atomic mass is 79.9. The summed E-state index contributed by atoms with van der Waals surface area (Å²) in [5.74, 6) is -0.176. The molecule has 0 saturated heterocycles. The average molecular weight is 364 g/mol. The molecule has 1 heterocycles. The molecule has 1 aromatic carbocycles. The van der Waals surface area contributed by atoms with Crippen LogP contribution in [0, 0.1) is 5.82 Å². The Morgan fingerprint density at radius 1 is 1.21 bits per heavy atom. The molecule has 0 bridgehead atoms. The van der Waals surface area contributed by atoms with Crippen LogP contribution in [0.15, 0.2) is 22.7 Å². The van der Waals surface area contributed by atoms with Crippen molar-refractivity contribution in [2.24, 2.45) is 0 Å². The predicted octanol–water partition coefficient (Wildman–Crippen LogP) is 5.48. The summed E-state index contributed by atoms with van der Waals surface area (Å²) in [6, 6.07) is 4.70. The monoisotopic (exact) mass is 362 g/mol. The molecule has 6 heteroatoms. The number of hydrogen-bond donors (Lipinski definition) is 0. The third-order valence-corrected chi connectivity index (χ3v) is 4.15. The van der Waals surface area contributed by atoms with Gasteiger partial charge in [-0.2, -0.15) is 0 Å². The molecule has 0 fully saturated rings. The van der Waals surface area contributed by atoms with Crippen LogP contribution in [0.3, 0.4) is 0 Å². The second kappa shape index (κ2) is 5.73. The maximum atomic E-state index is 14.0. The SMILES string of the molecule is CC(C)c1nc(-c2cccc(Cl)c2F)nc(Cl)c1Br. The van der Waals surface area contributed by atoms with Crippen molar-refractivity contribution in [1.82, 2.24) is 9.97 Å². The minimum absolute atomic E-state index is 0.0336. The van der Waals surface area contributed by atoms with Crippen LogP contribution in [0.2, 0.25) is 10.2 Å². The van der Waals surface area contributed by atoms with E-state index in [1.165, 1.54) is 6.07 Å². The quantitative estimate of drug-likeness (QED) is 0.660. The first kappa shape index (κ1) is 14.7. The highest BCUT2D eigenvalue weighted by Crippen LogP contribution is 2.32. The van der Waals surface area contributed by atoms with Crippen LogP contribution < -0.4 is 0 Å². The fourth-order valence-electron chi connectivity index (χ4n) is 1.62. The minimum atomic E-state index is -0.544. The Morgan fingerprint density at radius 3 is 2.53 bits per heavy atom. The van der Waals surface area contributed by atoms with Crippen LogP contribution in [0.1, 0.15) is 25.5 Å². The van der Waals surface area contributed by atoms with Gasteiger partial charge in [0.1, 0.15) is 5.15 Å². The molecule has 0 unspecified atom stereocenters. The van der Waals surface area contributed by atoms with Gasteiger partial charge in [-0.1, -0.05) is 43.1 Å². The summed E-state index contributed by atoms with van der Waals surface area (Å²) in [6.07, 6.45) is 0. The number of rotatable bonds is 2. The Balaban J connectivity index is 2.67. The molecular formula is C13H10BrCl2FN2. The highest BCUT2D eigenvalue weighted by Gasteiger charge is 2.17. The van der Waals surface area contributed by atoms with Gasteiger partial charge in [-0.05, 0) is 34.0 Å². The molecule has 0 spiro atoms. The largest absolute Gasteiger partial charge is 0.231 e. The van der Waals surface area contributed by atoms with Crippen LogP contribution in [-0.4, -0.2) is 9.97 Å². The van der Waals surface area contributed by atoms with Crippen LogP contribution >= 0.6 is 39.1 Å². The smallest absolute Gasteiger partial charge is 0.164 e. The van der Waals surface area contributed by atoms with Crippen molar-refractivity contribution < 1.29 is 4.39 Å². The maximum absolute atomic E-state index is 14.0. The third-order valence-electron chi connectivity index (χ3n) is 2.58. The number of aromatic nitrogens is 2. The first-order chi connectivity index (χ1) is 8.91. The van der Waals surface area contributed by atoms with Crippen LogP contribution in [-0.2, 0) is 0 Å². The number of halogens is 4. The molecule has 0 aliphatic carbocycles. The average Bonchev–Trinajstić information content (AvgIpc) is 2.35. The molecule has 19 heavy (non-hydrogen) atoms. The molecule has 2 nitrogen and oxygen atoms in total. The predicted molar refractivity (Wildman–Crippen MR) is 79.2 cm³/mol. The lowest BCUT2D eigenvalue weighted by molar-refractivity contribution is 0.630. The van der Waals surface area contributed by atoms with Gasteiger partial charge >= 0.3 is 0 Å². The van der Waals surface area contributed by atoms with Crippen LogP contribution in [0.25, 0.3) is 11.4 Å². The van der Waals surface area contributed by atoms with Gasteiger partial charge in [0.15, 0.2) is 11.6 Å². The molecule has 2 aromatic rings. The first-order valence-corrected chi connectivity index (χ1v) is 7.14. The first-order valence-electron chi connectivity index (χ1n) is 5.59. The standard InChI is InChI=1S/C13H10BrCl2FN2/c1-6(2)11-9(14)12(16)19-13(18-11)7-4-3-5-8(15)10(7)17/h3-6H,1-2H3. The molecule has 0 saturated carbocycles. The van der Waals surface area contributed by atoms with Crippen LogP contribution in [0.4, 0.5) is 4.39 Å². The number of nitrogens with zero attached hydrogens (tertiary/aromatic N) is 2. The fourth-order valence-corrected chi connectivity index (χ4v) is 2.60. The molecular weight excluding hydrogens is 354 g/mol. The Labute approximate surface area is 129 Å². The minimum Gasteiger partial charge on any atom is -0.231 e. The zero-order valence-electron chi connectivity index (χ0n) is 10.2. The lowest BCUT2D eigenvalue weighted by Gasteiger charge is -2.11. The lowest BCUT2D eigenvalue weighted by atomic mass is 10.1. The van der Waals surface area contributed by atoms with E-state index in [0.717, 1.165) is 5.69 Å². The second-order valence-corrected chi connectivity index (χ2v) is 5.85. The fraction of sp³-hybridized carbons (Fsp3) is 0.231. The van der Waals surface area contributed by atoms with E-state index in [1.807, 2.05) is 13.8 Å². The normalized spacial score (nSPS) is 11.1. The van der Waals surface area contributed by atoms with E-state index in [0.29, 0.717) is 4.47 Å². The summed E-state index contributed by atoms with van der Waals surface area (Å²) in [5, 5.41) is 0.291. The molecule has 100 valence electrons. The van der Waals surface area contributed by atoms with E-state index >= 15 is 0 Å². The van der Waals surface area contributed by atoms with Crippen molar-refractivity contribution in [2.45, 2.75) is 19.8 Å². The molecule has 0 radical (unpaired) electrons. The van der Waals surface area contributed by atoms with E-state index in [9.17, 15) is 4.39 Å². The third kappa shape index (κ3) is 2.91.